The highest BCUT2D eigenvalue weighted by molar-refractivity contribution is 4.06. The topological polar surface area (TPSA) is 15.7 Å². The summed E-state index contributed by atoms with van der Waals surface area (Å²) in [4.78, 5) is 4.92. The molecule has 0 amide bonds. The maximum absolute atomic E-state index is 4.92. The van der Waals surface area contributed by atoms with Crippen molar-refractivity contribution in [3.63, 3.8) is 0 Å². The van der Waals surface area contributed by atoms with Crippen LogP contribution in [-0.2, 0) is 4.94 Å². The van der Waals surface area contributed by atoms with E-state index in [1.54, 1.807) is 10.1 Å². The zero-order valence-corrected chi connectivity index (χ0v) is 5.30. The molecule has 0 aliphatic carbocycles. The average Bonchev–Trinajstić information content (AvgIpc) is 1.27. The zero-order valence-electron chi connectivity index (χ0n) is 5.30. The number of nitrogens with zero attached hydrogens (tertiary/aromatic N) is 2. The third kappa shape index (κ3) is 5.88. The van der Waals surface area contributed by atoms with Gasteiger partial charge in [0, 0.05) is 28.2 Å². The van der Waals surface area contributed by atoms with Crippen molar-refractivity contribution in [1.82, 2.24) is 10.1 Å². The van der Waals surface area contributed by atoms with Gasteiger partial charge < -0.3 is 0 Å². The van der Waals surface area contributed by atoms with Crippen LogP contribution in [0.2, 0.25) is 0 Å². The smallest absolute Gasteiger partial charge is 0.0142 e. The van der Waals surface area contributed by atoms with Crippen LogP contribution in [0.5, 0.6) is 0 Å². The number of rotatable bonds is 2. The molecule has 0 unspecified atom stereocenters. The van der Waals surface area contributed by atoms with Gasteiger partial charge in [-0.05, 0) is 0 Å². The van der Waals surface area contributed by atoms with Gasteiger partial charge in [-0.2, -0.15) is 10.1 Å². The third-order valence-electron chi connectivity index (χ3n) is 0.327. The van der Waals surface area contributed by atoms with E-state index in [2.05, 4.69) is 0 Å². The zero-order chi connectivity index (χ0) is 5.86. The molecule has 0 aromatic heterocycles. The molecule has 0 aromatic rings. The maximum atomic E-state index is 4.92. The van der Waals surface area contributed by atoms with Gasteiger partial charge in [-0.15, -0.1) is 0 Å². The molecule has 0 saturated heterocycles. The molecule has 7 heavy (non-hydrogen) atoms. The third-order valence-corrected chi connectivity index (χ3v) is 0.327. The first-order valence-electron chi connectivity index (χ1n) is 2.15. The van der Waals surface area contributed by atoms with E-state index < -0.39 is 0 Å². The van der Waals surface area contributed by atoms with Crippen LogP contribution in [0.1, 0.15) is 0 Å². The standard InChI is InChI=1S/C4H12N2O/c1-5(2)7-6(3)4/h1-4H3. The van der Waals surface area contributed by atoms with Crippen molar-refractivity contribution < 1.29 is 4.94 Å². The summed E-state index contributed by atoms with van der Waals surface area (Å²) in [5, 5.41) is 3.25. The van der Waals surface area contributed by atoms with E-state index in [9.17, 15) is 0 Å². The van der Waals surface area contributed by atoms with E-state index in [-0.39, 0.29) is 0 Å². The van der Waals surface area contributed by atoms with Gasteiger partial charge in [-0.1, -0.05) is 0 Å². The summed E-state index contributed by atoms with van der Waals surface area (Å²) < 4.78 is 0. The Morgan fingerprint density at radius 2 is 1.14 bits per heavy atom. The highest BCUT2D eigenvalue weighted by Gasteiger charge is 1.87. The fourth-order valence-corrected chi connectivity index (χ4v) is 0.327. The maximum Gasteiger partial charge on any atom is 0.0142 e. The summed E-state index contributed by atoms with van der Waals surface area (Å²) >= 11 is 0. The largest absolute Gasteiger partial charge is 0.210 e. The van der Waals surface area contributed by atoms with Gasteiger partial charge in [0.25, 0.3) is 0 Å². The molecule has 0 heterocycles. The Morgan fingerprint density at radius 1 is 0.857 bits per heavy atom. The summed E-state index contributed by atoms with van der Waals surface area (Å²) in [7, 11) is 7.33. The van der Waals surface area contributed by atoms with Gasteiger partial charge in [-0.25, -0.2) is 4.94 Å². The van der Waals surface area contributed by atoms with E-state index in [1.807, 2.05) is 28.2 Å². The van der Waals surface area contributed by atoms with Crippen LogP contribution in [0.4, 0.5) is 0 Å². The highest BCUT2D eigenvalue weighted by atomic mass is 16.8. The van der Waals surface area contributed by atoms with Crippen LogP contribution in [0.15, 0.2) is 0 Å². The number of hydrogen-bond donors (Lipinski definition) is 0. The molecule has 0 aliphatic rings. The molecular weight excluding hydrogens is 92.1 g/mol. The summed E-state index contributed by atoms with van der Waals surface area (Å²) in [6.45, 7) is 0. The Balaban J connectivity index is 2.95. The van der Waals surface area contributed by atoms with E-state index in [0.29, 0.717) is 0 Å². The lowest BCUT2D eigenvalue weighted by molar-refractivity contribution is -0.281. The van der Waals surface area contributed by atoms with Crippen LogP contribution in [-0.4, -0.2) is 38.3 Å². The second kappa shape index (κ2) is 2.96. The molecule has 0 fully saturated rings. The number of hydroxylamine groups is 4. The SMILES string of the molecule is CN(C)ON(C)C. The van der Waals surface area contributed by atoms with E-state index in [0.717, 1.165) is 0 Å². The first-order valence-corrected chi connectivity index (χ1v) is 2.15. The predicted molar refractivity (Wildman–Crippen MR) is 28.5 cm³/mol. The lowest BCUT2D eigenvalue weighted by Gasteiger charge is -2.14. The van der Waals surface area contributed by atoms with Crippen LogP contribution >= 0.6 is 0 Å². The molecule has 3 nitrogen and oxygen atoms in total. The lowest BCUT2D eigenvalue weighted by atomic mass is 11.2. The van der Waals surface area contributed by atoms with Gasteiger partial charge in [0.2, 0.25) is 0 Å². The van der Waals surface area contributed by atoms with Crippen LogP contribution < -0.4 is 0 Å². The minimum absolute atomic E-state index is 1.62. The quantitative estimate of drug-likeness (QED) is 0.457. The van der Waals surface area contributed by atoms with Crippen LogP contribution in [0.25, 0.3) is 0 Å². The summed E-state index contributed by atoms with van der Waals surface area (Å²) in [6, 6.07) is 0. The van der Waals surface area contributed by atoms with Crippen molar-refractivity contribution in [1.29, 1.82) is 0 Å². The fourth-order valence-electron chi connectivity index (χ4n) is 0.327. The van der Waals surface area contributed by atoms with Crippen molar-refractivity contribution in [2.75, 3.05) is 28.2 Å². The van der Waals surface area contributed by atoms with E-state index >= 15 is 0 Å². The molecule has 0 aromatic carbocycles. The van der Waals surface area contributed by atoms with Gasteiger partial charge in [-0.3, -0.25) is 0 Å². The van der Waals surface area contributed by atoms with Crippen LogP contribution in [0.3, 0.4) is 0 Å². The molecule has 0 rings (SSSR count). The second-order valence-electron chi connectivity index (χ2n) is 1.71. The Kier molecular flexibility index (Phi) is 2.91. The van der Waals surface area contributed by atoms with Gasteiger partial charge in [0.15, 0.2) is 0 Å². The van der Waals surface area contributed by atoms with Crippen molar-refractivity contribution in [2.45, 2.75) is 0 Å². The van der Waals surface area contributed by atoms with Crippen molar-refractivity contribution in [2.24, 2.45) is 0 Å². The van der Waals surface area contributed by atoms with Crippen LogP contribution in [0, 0.1) is 0 Å². The molecule has 0 saturated carbocycles. The predicted octanol–water partition coefficient (Wildman–Crippen LogP) is -0.0438. The molecule has 0 atom stereocenters. The first-order chi connectivity index (χ1) is 3.13. The van der Waals surface area contributed by atoms with E-state index in [1.165, 1.54) is 0 Å². The normalized spacial score (nSPS) is 11.1. The Hall–Kier alpha value is -0.120. The van der Waals surface area contributed by atoms with Crippen molar-refractivity contribution in [3.8, 4) is 0 Å². The molecule has 3 heteroatoms. The fraction of sp³-hybridized carbons (Fsp3) is 1.00. The van der Waals surface area contributed by atoms with Gasteiger partial charge in [0.05, 0.1) is 0 Å². The molecule has 44 valence electrons. The van der Waals surface area contributed by atoms with Gasteiger partial charge >= 0.3 is 0 Å². The molecule has 0 N–H and O–H groups in total. The second-order valence-corrected chi connectivity index (χ2v) is 1.71. The minimum atomic E-state index is 1.62. The molecular formula is C4H12N2O. The Morgan fingerprint density at radius 3 is 1.14 bits per heavy atom. The first kappa shape index (κ1) is 6.88. The highest BCUT2D eigenvalue weighted by Crippen LogP contribution is 1.78. The summed E-state index contributed by atoms with van der Waals surface area (Å²) in [5.74, 6) is 0. The summed E-state index contributed by atoms with van der Waals surface area (Å²) in [6.07, 6.45) is 0. The Labute approximate surface area is 44.4 Å². The van der Waals surface area contributed by atoms with Gasteiger partial charge in [0.1, 0.15) is 0 Å². The summed E-state index contributed by atoms with van der Waals surface area (Å²) in [5.41, 5.74) is 0. The van der Waals surface area contributed by atoms with Crippen molar-refractivity contribution in [3.05, 3.63) is 0 Å². The molecule has 0 spiro atoms. The minimum Gasteiger partial charge on any atom is -0.210 e. The lowest BCUT2D eigenvalue weighted by Crippen LogP contribution is -2.23. The molecule has 0 aliphatic heterocycles. The Bertz CT molecular complexity index is 39.0. The monoisotopic (exact) mass is 104 g/mol. The van der Waals surface area contributed by atoms with Crippen molar-refractivity contribution >= 4 is 0 Å². The molecule has 0 radical (unpaired) electrons. The van der Waals surface area contributed by atoms with E-state index in [4.69, 9.17) is 4.94 Å². The molecule has 0 bridgehead atoms. The average molecular weight is 104 g/mol. The number of hydrogen-bond acceptors (Lipinski definition) is 3.